The molecule has 1 unspecified atom stereocenters. The molecule has 0 aromatic heterocycles. The predicted octanol–water partition coefficient (Wildman–Crippen LogP) is 0.0521. The molecule has 9 heavy (non-hydrogen) atoms. The molecule has 0 saturated heterocycles. The minimum Gasteiger partial charge on any atom is -0.285 e. The highest BCUT2D eigenvalue weighted by Gasteiger charge is 2.15. The summed E-state index contributed by atoms with van der Waals surface area (Å²) >= 11 is 0. The molecule has 0 radical (unpaired) electrons. The Kier molecular flexibility index (Phi) is 1.54. The summed E-state index contributed by atoms with van der Waals surface area (Å²) in [6.45, 7) is 2.00. The third kappa shape index (κ3) is 0.941. The van der Waals surface area contributed by atoms with E-state index in [0.717, 1.165) is 6.42 Å². The molecule has 4 heteroatoms. The second-order valence-corrected chi connectivity index (χ2v) is 1.80. The monoisotopic (exact) mass is 124 g/mol. The summed E-state index contributed by atoms with van der Waals surface area (Å²) in [5.41, 5.74) is 2.78. The quantitative estimate of drug-likeness (QED) is 0.502. The maximum absolute atomic E-state index is 8.41. The van der Waals surface area contributed by atoms with Crippen molar-refractivity contribution in [2.24, 2.45) is 5.10 Å². The van der Waals surface area contributed by atoms with Gasteiger partial charge in [0.2, 0.25) is 0 Å². The van der Waals surface area contributed by atoms with Crippen molar-refractivity contribution in [2.45, 2.75) is 19.5 Å². The fraction of sp³-hybridized carbons (Fsp3) is 0.600. The second-order valence-electron chi connectivity index (χ2n) is 1.80. The largest absolute Gasteiger partial charge is 0.285 e. The van der Waals surface area contributed by atoms with Crippen molar-refractivity contribution in [1.82, 2.24) is 10.3 Å². The van der Waals surface area contributed by atoms with Crippen LogP contribution >= 0.6 is 0 Å². The summed E-state index contributed by atoms with van der Waals surface area (Å²) in [5.74, 6) is 0. The van der Waals surface area contributed by atoms with Gasteiger partial charge in [0.25, 0.3) is 0 Å². The van der Waals surface area contributed by atoms with Gasteiger partial charge >= 0.3 is 0 Å². The van der Waals surface area contributed by atoms with Crippen LogP contribution in [0.5, 0.6) is 0 Å². The van der Waals surface area contributed by atoms with E-state index in [2.05, 4.69) is 10.5 Å². The molecular weight excluding hydrogens is 116 g/mol. The Labute approximate surface area is 53.8 Å². The van der Waals surface area contributed by atoms with Crippen LogP contribution in [0.4, 0.5) is 0 Å². The molecule has 1 atom stereocenters. The van der Waals surface area contributed by atoms with Crippen molar-refractivity contribution >= 4 is 6.34 Å². The van der Waals surface area contributed by atoms with Gasteiger partial charge in [-0.2, -0.15) is 10.4 Å². The minimum absolute atomic E-state index is 0.0787. The van der Waals surface area contributed by atoms with E-state index in [1.165, 1.54) is 11.2 Å². The van der Waals surface area contributed by atoms with Gasteiger partial charge in [0.1, 0.15) is 12.5 Å². The standard InChI is InChI=1S/C5H8N4/c1-2-5-8-7-4-9(5)3-6/h4-5,8H,2H2,1H3. The summed E-state index contributed by atoms with van der Waals surface area (Å²) in [4.78, 5) is 1.49. The highest BCUT2D eigenvalue weighted by Crippen LogP contribution is 2.00. The summed E-state index contributed by atoms with van der Waals surface area (Å²) in [5, 5.41) is 12.1. The molecule has 4 nitrogen and oxygen atoms in total. The zero-order chi connectivity index (χ0) is 6.69. The minimum atomic E-state index is 0.0787. The van der Waals surface area contributed by atoms with E-state index in [-0.39, 0.29) is 6.17 Å². The highest BCUT2D eigenvalue weighted by molar-refractivity contribution is 5.59. The van der Waals surface area contributed by atoms with Gasteiger partial charge in [0.15, 0.2) is 6.19 Å². The van der Waals surface area contributed by atoms with Gasteiger partial charge in [-0.3, -0.25) is 5.43 Å². The van der Waals surface area contributed by atoms with E-state index in [0.29, 0.717) is 0 Å². The van der Waals surface area contributed by atoms with Gasteiger partial charge in [-0.25, -0.2) is 4.90 Å². The topological polar surface area (TPSA) is 51.4 Å². The van der Waals surface area contributed by atoms with Crippen molar-refractivity contribution in [3.05, 3.63) is 0 Å². The third-order valence-electron chi connectivity index (χ3n) is 1.24. The summed E-state index contributed by atoms with van der Waals surface area (Å²) in [6, 6.07) is 0. The average Bonchev–Trinajstić information content (AvgIpc) is 2.33. The van der Waals surface area contributed by atoms with Crippen LogP contribution in [-0.2, 0) is 0 Å². The molecule has 0 amide bonds. The van der Waals surface area contributed by atoms with E-state index in [1.807, 2.05) is 13.1 Å². The summed E-state index contributed by atoms with van der Waals surface area (Å²) < 4.78 is 0. The van der Waals surface area contributed by atoms with Gasteiger partial charge < -0.3 is 0 Å². The van der Waals surface area contributed by atoms with Gasteiger partial charge in [0.05, 0.1) is 0 Å². The Morgan fingerprint density at radius 2 is 2.78 bits per heavy atom. The Morgan fingerprint density at radius 3 is 3.22 bits per heavy atom. The molecule has 1 rings (SSSR count). The molecule has 0 saturated carbocycles. The van der Waals surface area contributed by atoms with Crippen molar-refractivity contribution in [3.63, 3.8) is 0 Å². The highest BCUT2D eigenvalue weighted by atomic mass is 15.5. The molecule has 0 fully saturated rings. The van der Waals surface area contributed by atoms with Crippen LogP contribution in [-0.4, -0.2) is 17.4 Å². The summed E-state index contributed by atoms with van der Waals surface area (Å²) in [6.07, 6.45) is 4.44. The molecule has 1 aliphatic rings. The van der Waals surface area contributed by atoms with Gasteiger partial charge in [0, 0.05) is 0 Å². The van der Waals surface area contributed by atoms with Gasteiger partial charge in [-0.15, -0.1) is 0 Å². The molecule has 0 aliphatic carbocycles. The van der Waals surface area contributed by atoms with E-state index in [4.69, 9.17) is 5.26 Å². The van der Waals surface area contributed by atoms with Crippen molar-refractivity contribution in [2.75, 3.05) is 0 Å². The first kappa shape index (κ1) is 5.89. The Morgan fingerprint density at radius 1 is 2.00 bits per heavy atom. The van der Waals surface area contributed by atoms with E-state index < -0.39 is 0 Å². The lowest BCUT2D eigenvalue weighted by molar-refractivity contribution is 0.383. The lowest BCUT2D eigenvalue weighted by Crippen LogP contribution is -2.32. The molecule has 0 aromatic carbocycles. The van der Waals surface area contributed by atoms with Crippen LogP contribution in [0.15, 0.2) is 5.10 Å². The molecule has 1 heterocycles. The maximum atomic E-state index is 8.41. The van der Waals surface area contributed by atoms with Crippen molar-refractivity contribution in [3.8, 4) is 6.19 Å². The first-order valence-corrected chi connectivity index (χ1v) is 2.85. The molecule has 0 bridgehead atoms. The fourth-order valence-electron chi connectivity index (χ4n) is 0.708. The van der Waals surface area contributed by atoms with Crippen LogP contribution < -0.4 is 5.43 Å². The first-order valence-electron chi connectivity index (χ1n) is 2.85. The first-order chi connectivity index (χ1) is 4.38. The van der Waals surface area contributed by atoms with Crippen molar-refractivity contribution in [1.29, 1.82) is 5.26 Å². The summed E-state index contributed by atoms with van der Waals surface area (Å²) in [7, 11) is 0. The molecule has 0 aromatic rings. The second kappa shape index (κ2) is 2.35. The number of hydrazone groups is 1. The number of nitrogens with one attached hydrogen (secondary N) is 1. The molecule has 0 spiro atoms. The van der Waals surface area contributed by atoms with E-state index in [1.54, 1.807) is 0 Å². The smallest absolute Gasteiger partial charge is 0.187 e. The average molecular weight is 124 g/mol. The maximum Gasteiger partial charge on any atom is 0.187 e. The third-order valence-corrected chi connectivity index (χ3v) is 1.24. The Balaban J connectivity index is 2.52. The van der Waals surface area contributed by atoms with Crippen LogP contribution in [0.3, 0.4) is 0 Å². The SMILES string of the molecule is CCC1NN=CN1C#N. The zero-order valence-corrected chi connectivity index (χ0v) is 5.20. The van der Waals surface area contributed by atoms with Crippen LogP contribution in [0.1, 0.15) is 13.3 Å². The zero-order valence-electron chi connectivity index (χ0n) is 5.20. The van der Waals surface area contributed by atoms with E-state index >= 15 is 0 Å². The van der Waals surface area contributed by atoms with Gasteiger partial charge in [-0.05, 0) is 6.42 Å². The molecule has 1 aliphatic heterocycles. The predicted molar refractivity (Wildman–Crippen MR) is 33.2 cm³/mol. The number of hydrogen-bond donors (Lipinski definition) is 1. The van der Waals surface area contributed by atoms with Crippen LogP contribution in [0.2, 0.25) is 0 Å². The lowest BCUT2D eigenvalue weighted by atomic mass is 10.4. The number of nitrogens with zero attached hydrogens (tertiary/aromatic N) is 3. The van der Waals surface area contributed by atoms with Gasteiger partial charge in [-0.1, -0.05) is 6.92 Å². The number of hydrogen-bond acceptors (Lipinski definition) is 4. The van der Waals surface area contributed by atoms with Crippen LogP contribution in [0.25, 0.3) is 0 Å². The fourth-order valence-corrected chi connectivity index (χ4v) is 0.708. The van der Waals surface area contributed by atoms with Crippen molar-refractivity contribution < 1.29 is 0 Å². The molecular formula is C5H8N4. The van der Waals surface area contributed by atoms with E-state index in [9.17, 15) is 0 Å². The van der Waals surface area contributed by atoms with Crippen LogP contribution in [0, 0.1) is 11.5 Å². The lowest BCUT2D eigenvalue weighted by Gasteiger charge is -2.12. The molecule has 48 valence electrons. The normalized spacial score (nSPS) is 23.6. The number of rotatable bonds is 1. The number of nitriles is 1. The molecule has 1 N–H and O–H groups in total. The Bertz CT molecular complexity index is 157. The Hall–Kier alpha value is -1.24.